The minimum atomic E-state index is 0.517. The Morgan fingerprint density at radius 1 is 1.20 bits per heavy atom. The van der Waals surface area contributed by atoms with Crippen molar-refractivity contribution in [3.8, 4) is 5.88 Å². The molecule has 5 nitrogen and oxygen atoms in total. The highest BCUT2D eigenvalue weighted by Gasteiger charge is 2.19. The molecule has 0 unspecified atom stereocenters. The SMILES string of the molecule is Cc1ccc(COc2nsnc2N2CCOCC2)cc1. The monoisotopic (exact) mass is 291 g/mol. The molecule has 0 radical (unpaired) electrons. The summed E-state index contributed by atoms with van der Waals surface area (Å²) in [5.41, 5.74) is 2.38. The lowest BCUT2D eigenvalue weighted by molar-refractivity contribution is 0.122. The lowest BCUT2D eigenvalue weighted by Gasteiger charge is -2.26. The van der Waals surface area contributed by atoms with Gasteiger partial charge in [0, 0.05) is 13.1 Å². The summed E-state index contributed by atoms with van der Waals surface area (Å²) in [5.74, 6) is 1.46. The highest BCUT2D eigenvalue weighted by atomic mass is 32.1. The van der Waals surface area contributed by atoms with Crippen molar-refractivity contribution >= 4 is 17.5 Å². The van der Waals surface area contributed by atoms with Crippen LogP contribution in [0.15, 0.2) is 24.3 Å². The third kappa shape index (κ3) is 3.08. The van der Waals surface area contributed by atoms with Crippen molar-refractivity contribution in [1.29, 1.82) is 0 Å². The molecule has 2 heterocycles. The fourth-order valence-electron chi connectivity index (χ4n) is 2.07. The van der Waals surface area contributed by atoms with E-state index in [4.69, 9.17) is 9.47 Å². The molecule has 0 atom stereocenters. The Morgan fingerprint density at radius 3 is 2.70 bits per heavy atom. The Balaban J connectivity index is 1.65. The Labute approximate surface area is 122 Å². The molecule has 106 valence electrons. The van der Waals surface area contributed by atoms with E-state index in [0.717, 1.165) is 37.7 Å². The maximum absolute atomic E-state index is 5.81. The summed E-state index contributed by atoms with van der Waals surface area (Å²) < 4.78 is 19.8. The van der Waals surface area contributed by atoms with E-state index >= 15 is 0 Å². The van der Waals surface area contributed by atoms with Gasteiger partial charge in [-0.05, 0) is 12.5 Å². The van der Waals surface area contributed by atoms with Gasteiger partial charge in [-0.3, -0.25) is 0 Å². The molecule has 20 heavy (non-hydrogen) atoms. The first-order valence-corrected chi connectivity index (χ1v) is 7.39. The Morgan fingerprint density at radius 2 is 1.95 bits per heavy atom. The Hall–Kier alpha value is -1.66. The maximum atomic E-state index is 5.81. The summed E-state index contributed by atoms with van der Waals surface area (Å²) in [5, 5.41) is 0. The fraction of sp³-hybridized carbons (Fsp3) is 0.429. The van der Waals surface area contributed by atoms with Gasteiger partial charge in [-0.25, -0.2) is 0 Å². The molecule has 1 aliphatic rings. The summed E-state index contributed by atoms with van der Waals surface area (Å²) in [6.45, 7) is 5.73. The van der Waals surface area contributed by atoms with Crippen molar-refractivity contribution in [3.63, 3.8) is 0 Å². The van der Waals surface area contributed by atoms with Gasteiger partial charge in [0.25, 0.3) is 5.88 Å². The summed E-state index contributed by atoms with van der Waals surface area (Å²) in [6.07, 6.45) is 0. The number of rotatable bonds is 4. The molecule has 0 bridgehead atoms. The van der Waals surface area contributed by atoms with Crippen LogP contribution >= 0.6 is 11.7 Å². The molecule has 0 N–H and O–H groups in total. The number of anilines is 1. The zero-order chi connectivity index (χ0) is 13.8. The molecule has 1 saturated heterocycles. The minimum absolute atomic E-state index is 0.517. The molecule has 0 amide bonds. The second kappa shape index (κ2) is 6.19. The molecular formula is C14H17N3O2S. The van der Waals surface area contributed by atoms with E-state index in [1.165, 1.54) is 17.3 Å². The van der Waals surface area contributed by atoms with Crippen LogP contribution in [0, 0.1) is 6.92 Å². The summed E-state index contributed by atoms with van der Waals surface area (Å²) >= 11 is 1.19. The number of ether oxygens (including phenoxy) is 2. The Bertz CT molecular complexity index is 550. The largest absolute Gasteiger partial charge is 0.470 e. The number of hydrogen-bond donors (Lipinski definition) is 0. The molecule has 0 saturated carbocycles. The second-order valence-corrected chi connectivity index (χ2v) is 5.30. The number of aryl methyl sites for hydroxylation is 1. The molecule has 6 heteroatoms. The van der Waals surface area contributed by atoms with E-state index in [0.29, 0.717) is 12.5 Å². The summed E-state index contributed by atoms with van der Waals surface area (Å²) in [7, 11) is 0. The van der Waals surface area contributed by atoms with Gasteiger partial charge in [0.05, 0.1) is 24.9 Å². The molecule has 1 aromatic heterocycles. The first-order chi connectivity index (χ1) is 9.83. The molecule has 2 aromatic rings. The molecule has 0 spiro atoms. The van der Waals surface area contributed by atoms with Crippen LogP contribution < -0.4 is 9.64 Å². The van der Waals surface area contributed by atoms with Gasteiger partial charge in [0.2, 0.25) is 5.82 Å². The van der Waals surface area contributed by atoms with E-state index in [1.807, 2.05) is 0 Å². The van der Waals surface area contributed by atoms with E-state index in [9.17, 15) is 0 Å². The van der Waals surface area contributed by atoms with Crippen LogP contribution in [0.25, 0.3) is 0 Å². The summed E-state index contributed by atoms with van der Waals surface area (Å²) in [4.78, 5) is 2.16. The number of hydrogen-bond acceptors (Lipinski definition) is 6. The summed E-state index contributed by atoms with van der Waals surface area (Å²) in [6, 6.07) is 8.31. The molecule has 0 aliphatic carbocycles. The van der Waals surface area contributed by atoms with Crippen molar-refractivity contribution < 1.29 is 9.47 Å². The van der Waals surface area contributed by atoms with Crippen molar-refractivity contribution in [2.45, 2.75) is 13.5 Å². The normalized spacial score (nSPS) is 15.3. The van der Waals surface area contributed by atoms with Gasteiger partial charge in [-0.1, -0.05) is 29.8 Å². The number of benzene rings is 1. The van der Waals surface area contributed by atoms with Crippen molar-refractivity contribution in [2.75, 3.05) is 31.2 Å². The van der Waals surface area contributed by atoms with E-state index in [-0.39, 0.29) is 0 Å². The first kappa shape index (κ1) is 13.3. The van der Waals surface area contributed by atoms with Crippen molar-refractivity contribution in [2.24, 2.45) is 0 Å². The predicted octanol–water partition coefficient (Wildman–Crippen LogP) is 2.26. The molecule has 3 rings (SSSR count). The number of morpholine rings is 1. The quantitative estimate of drug-likeness (QED) is 0.865. The highest BCUT2D eigenvalue weighted by molar-refractivity contribution is 6.99. The van der Waals surface area contributed by atoms with Gasteiger partial charge in [-0.15, -0.1) is 4.37 Å². The standard InChI is InChI=1S/C14H17N3O2S/c1-11-2-4-12(5-3-11)10-19-14-13(15-20-16-14)17-6-8-18-9-7-17/h2-5H,6-10H2,1H3. The third-order valence-electron chi connectivity index (χ3n) is 3.25. The van der Waals surface area contributed by atoms with Crippen LogP contribution in [-0.4, -0.2) is 35.1 Å². The van der Waals surface area contributed by atoms with Crippen LogP contribution in [0.2, 0.25) is 0 Å². The molecule has 1 aliphatic heterocycles. The third-order valence-corrected chi connectivity index (χ3v) is 3.75. The van der Waals surface area contributed by atoms with Crippen LogP contribution in [0.1, 0.15) is 11.1 Å². The van der Waals surface area contributed by atoms with Crippen molar-refractivity contribution in [1.82, 2.24) is 8.75 Å². The average Bonchev–Trinajstić information content (AvgIpc) is 2.96. The fourth-order valence-corrected chi connectivity index (χ4v) is 2.59. The zero-order valence-electron chi connectivity index (χ0n) is 11.4. The molecule has 1 fully saturated rings. The number of aromatic nitrogens is 2. The van der Waals surface area contributed by atoms with Gasteiger partial charge in [-0.2, -0.15) is 4.37 Å². The first-order valence-electron chi connectivity index (χ1n) is 6.66. The van der Waals surface area contributed by atoms with Crippen LogP contribution in [0.4, 0.5) is 5.82 Å². The second-order valence-electron chi connectivity index (χ2n) is 4.77. The smallest absolute Gasteiger partial charge is 0.271 e. The van der Waals surface area contributed by atoms with Crippen LogP contribution in [0.3, 0.4) is 0 Å². The predicted molar refractivity (Wildman–Crippen MR) is 78.5 cm³/mol. The Kier molecular flexibility index (Phi) is 4.13. The molecular weight excluding hydrogens is 274 g/mol. The van der Waals surface area contributed by atoms with Crippen molar-refractivity contribution in [3.05, 3.63) is 35.4 Å². The maximum Gasteiger partial charge on any atom is 0.271 e. The topological polar surface area (TPSA) is 47.5 Å². The van der Waals surface area contributed by atoms with Gasteiger partial charge in [0.15, 0.2) is 0 Å². The highest BCUT2D eigenvalue weighted by Crippen LogP contribution is 2.27. The van der Waals surface area contributed by atoms with Gasteiger partial charge >= 0.3 is 0 Å². The minimum Gasteiger partial charge on any atom is -0.470 e. The van der Waals surface area contributed by atoms with E-state index in [1.54, 1.807) is 0 Å². The lowest BCUT2D eigenvalue weighted by Crippen LogP contribution is -2.36. The van der Waals surface area contributed by atoms with Crippen LogP contribution in [-0.2, 0) is 11.3 Å². The zero-order valence-corrected chi connectivity index (χ0v) is 12.2. The average molecular weight is 291 g/mol. The van der Waals surface area contributed by atoms with Crippen LogP contribution in [0.5, 0.6) is 5.88 Å². The van der Waals surface area contributed by atoms with Gasteiger partial charge < -0.3 is 14.4 Å². The molecule has 1 aromatic carbocycles. The van der Waals surface area contributed by atoms with E-state index in [2.05, 4.69) is 44.8 Å². The lowest BCUT2D eigenvalue weighted by atomic mass is 10.2. The van der Waals surface area contributed by atoms with Gasteiger partial charge in [0.1, 0.15) is 6.61 Å². The number of nitrogens with zero attached hydrogens (tertiary/aromatic N) is 3. The van der Waals surface area contributed by atoms with E-state index < -0.39 is 0 Å².